The number of hydrogen-bond donors (Lipinski definition) is 1. The Kier molecular flexibility index (Phi) is 4.63. The van der Waals surface area contributed by atoms with Crippen molar-refractivity contribution < 1.29 is 13.2 Å². The maximum atomic E-state index is 12.5. The van der Waals surface area contributed by atoms with E-state index in [0.29, 0.717) is 31.6 Å². The molecule has 0 saturated carbocycles. The molecule has 24 heavy (non-hydrogen) atoms. The van der Waals surface area contributed by atoms with Crippen molar-refractivity contribution >= 4 is 21.6 Å². The van der Waals surface area contributed by atoms with E-state index in [0.717, 1.165) is 0 Å². The summed E-state index contributed by atoms with van der Waals surface area (Å²) in [7, 11) is -1.77. The molecule has 1 N–H and O–H groups in total. The van der Waals surface area contributed by atoms with Crippen LogP contribution >= 0.6 is 0 Å². The second kappa shape index (κ2) is 6.70. The van der Waals surface area contributed by atoms with Crippen LogP contribution in [0.1, 0.15) is 12.8 Å². The van der Waals surface area contributed by atoms with E-state index in [1.807, 2.05) is 0 Å². The van der Waals surface area contributed by atoms with E-state index in [9.17, 15) is 13.2 Å². The smallest absolute Gasteiger partial charge is 0.244 e. The van der Waals surface area contributed by atoms with Crippen LogP contribution in [0.25, 0.3) is 0 Å². The summed E-state index contributed by atoms with van der Waals surface area (Å²) in [4.78, 5) is 16.3. The lowest BCUT2D eigenvalue weighted by atomic mass is 9.97. The van der Waals surface area contributed by atoms with Crippen molar-refractivity contribution in [3.05, 3.63) is 36.9 Å². The Morgan fingerprint density at radius 2 is 2.04 bits per heavy atom. The number of nitrogens with zero attached hydrogens (tertiary/aromatic N) is 4. The summed E-state index contributed by atoms with van der Waals surface area (Å²) in [6, 6.07) is 3.13. The van der Waals surface area contributed by atoms with Crippen LogP contribution in [0.3, 0.4) is 0 Å². The van der Waals surface area contributed by atoms with Crippen molar-refractivity contribution in [2.24, 2.45) is 13.0 Å². The number of carbonyl (C=O) groups excluding carboxylic acids is 1. The molecule has 1 aliphatic rings. The molecule has 0 aliphatic carbocycles. The lowest BCUT2D eigenvalue weighted by Gasteiger charge is -2.30. The van der Waals surface area contributed by atoms with Gasteiger partial charge < -0.3 is 5.32 Å². The van der Waals surface area contributed by atoms with Gasteiger partial charge in [-0.05, 0) is 25.0 Å². The quantitative estimate of drug-likeness (QED) is 0.883. The molecule has 9 heteroatoms. The fourth-order valence-electron chi connectivity index (χ4n) is 2.74. The topological polar surface area (TPSA) is 97.2 Å². The van der Waals surface area contributed by atoms with E-state index in [-0.39, 0.29) is 16.7 Å². The van der Waals surface area contributed by atoms with Crippen LogP contribution < -0.4 is 5.32 Å². The van der Waals surface area contributed by atoms with Crippen LogP contribution in [0.4, 0.5) is 5.69 Å². The van der Waals surface area contributed by atoms with E-state index in [4.69, 9.17) is 0 Å². The van der Waals surface area contributed by atoms with Gasteiger partial charge in [0.25, 0.3) is 0 Å². The SMILES string of the molecule is Cn1cc(NC(=O)C2CCN(S(=O)(=O)c3cccnc3)CC2)cn1. The second-order valence-corrected chi connectivity index (χ2v) is 7.70. The first-order valence-corrected chi connectivity index (χ1v) is 9.10. The van der Waals surface area contributed by atoms with Crippen LogP contribution in [0.2, 0.25) is 0 Å². The lowest BCUT2D eigenvalue weighted by Crippen LogP contribution is -2.41. The molecule has 0 radical (unpaired) electrons. The third-order valence-corrected chi connectivity index (χ3v) is 5.95. The number of rotatable bonds is 4. The van der Waals surface area contributed by atoms with E-state index >= 15 is 0 Å². The van der Waals surface area contributed by atoms with Gasteiger partial charge >= 0.3 is 0 Å². The van der Waals surface area contributed by atoms with Crippen molar-refractivity contribution in [3.8, 4) is 0 Å². The molecule has 0 unspecified atom stereocenters. The molecule has 3 rings (SSSR count). The molecule has 128 valence electrons. The molecule has 8 nitrogen and oxygen atoms in total. The van der Waals surface area contributed by atoms with Crippen molar-refractivity contribution in [2.45, 2.75) is 17.7 Å². The Labute approximate surface area is 140 Å². The molecule has 2 aromatic rings. The van der Waals surface area contributed by atoms with Gasteiger partial charge in [0.2, 0.25) is 15.9 Å². The predicted octanol–water partition coefficient (Wildman–Crippen LogP) is 0.854. The lowest BCUT2D eigenvalue weighted by molar-refractivity contribution is -0.120. The molecule has 0 atom stereocenters. The number of anilines is 1. The Balaban J connectivity index is 1.60. The van der Waals surface area contributed by atoms with Crippen LogP contribution in [-0.2, 0) is 21.9 Å². The number of piperidine rings is 1. The van der Waals surface area contributed by atoms with Gasteiger partial charge in [0.15, 0.2) is 0 Å². The number of carbonyl (C=O) groups is 1. The fraction of sp³-hybridized carbons (Fsp3) is 0.400. The maximum Gasteiger partial charge on any atom is 0.244 e. The third kappa shape index (κ3) is 3.46. The van der Waals surface area contributed by atoms with Gasteiger partial charge in [0.1, 0.15) is 4.90 Å². The summed E-state index contributed by atoms with van der Waals surface area (Å²) in [5.41, 5.74) is 0.646. The minimum absolute atomic E-state index is 0.0959. The largest absolute Gasteiger partial charge is 0.323 e. The minimum Gasteiger partial charge on any atom is -0.323 e. The molecule has 1 saturated heterocycles. The normalized spacial score (nSPS) is 16.9. The van der Waals surface area contributed by atoms with Crippen LogP contribution in [0, 0.1) is 5.92 Å². The Morgan fingerprint density at radius 3 is 2.62 bits per heavy atom. The standard InChI is InChI=1S/C15H19N5O3S/c1-19-11-13(9-17-19)18-15(21)12-4-7-20(8-5-12)24(22,23)14-3-2-6-16-10-14/h2-3,6,9-12H,4-5,7-8H2,1H3,(H,18,21). The Hall–Kier alpha value is -2.26. The summed E-state index contributed by atoms with van der Waals surface area (Å²) in [6.45, 7) is 0.644. The molecular formula is C15H19N5O3S. The van der Waals surface area contributed by atoms with Crippen molar-refractivity contribution in [2.75, 3.05) is 18.4 Å². The number of aryl methyl sites for hydroxylation is 1. The number of pyridine rings is 1. The average molecular weight is 349 g/mol. The Bertz CT molecular complexity index is 811. The highest BCUT2D eigenvalue weighted by Gasteiger charge is 2.32. The molecule has 2 aromatic heterocycles. The zero-order valence-corrected chi connectivity index (χ0v) is 14.1. The molecule has 3 heterocycles. The molecule has 1 fully saturated rings. The zero-order chi connectivity index (χ0) is 17.2. The van der Waals surface area contributed by atoms with Gasteiger partial charge in [-0.3, -0.25) is 14.5 Å². The summed E-state index contributed by atoms with van der Waals surface area (Å²) in [5, 5.41) is 6.82. The number of aromatic nitrogens is 3. The summed E-state index contributed by atoms with van der Waals surface area (Å²) >= 11 is 0. The van der Waals surface area contributed by atoms with Gasteiger partial charge in [-0.25, -0.2) is 8.42 Å². The summed E-state index contributed by atoms with van der Waals surface area (Å²) in [6.07, 6.45) is 7.17. The number of hydrogen-bond acceptors (Lipinski definition) is 5. The van der Waals surface area contributed by atoms with E-state index in [1.54, 1.807) is 30.2 Å². The van der Waals surface area contributed by atoms with Gasteiger partial charge in [0, 0.05) is 44.6 Å². The average Bonchev–Trinajstić information content (AvgIpc) is 3.00. The van der Waals surface area contributed by atoms with Gasteiger partial charge in [-0.1, -0.05) is 0 Å². The molecule has 0 bridgehead atoms. The van der Waals surface area contributed by atoms with Gasteiger partial charge in [-0.2, -0.15) is 9.40 Å². The highest BCUT2D eigenvalue weighted by molar-refractivity contribution is 7.89. The zero-order valence-electron chi connectivity index (χ0n) is 13.3. The predicted molar refractivity (Wildman–Crippen MR) is 87.6 cm³/mol. The first-order valence-electron chi connectivity index (χ1n) is 7.66. The second-order valence-electron chi connectivity index (χ2n) is 5.76. The highest BCUT2D eigenvalue weighted by atomic mass is 32.2. The first-order chi connectivity index (χ1) is 11.5. The van der Waals surface area contributed by atoms with Crippen molar-refractivity contribution in [1.29, 1.82) is 0 Å². The third-order valence-electron chi connectivity index (χ3n) is 4.07. The number of amides is 1. The number of sulfonamides is 1. The van der Waals surface area contributed by atoms with Crippen LogP contribution in [0.15, 0.2) is 41.8 Å². The monoisotopic (exact) mass is 349 g/mol. The minimum atomic E-state index is -3.54. The van der Waals surface area contributed by atoms with Gasteiger partial charge in [-0.15, -0.1) is 0 Å². The highest BCUT2D eigenvalue weighted by Crippen LogP contribution is 2.24. The number of nitrogens with one attached hydrogen (secondary N) is 1. The maximum absolute atomic E-state index is 12.5. The molecule has 1 amide bonds. The van der Waals surface area contributed by atoms with E-state index in [2.05, 4.69) is 15.4 Å². The Morgan fingerprint density at radius 1 is 1.29 bits per heavy atom. The molecular weight excluding hydrogens is 330 g/mol. The van der Waals surface area contributed by atoms with Crippen molar-refractivity contribution in [3.63, 3.8) is 0 Å². The van der Waals surface area contributed by atoms with Crippen LogP contribution in [0.5, 0.6) is 0 Å². The van der Waals surface area contributed by atoms with Crippen molar-refractivity contribution in [1.82, 2.24) is 19.1 Å². The molecule has 0 aromatic carbocycles. The van der Waals surface area contributed by atoms with E-state index < -0.39 is 10.0 Å². The van der Waals surface area contributed by atoms with Crippen LogP contribution in [-0.4, -0.2) is 46.5 Å². The van der Waals surface area contributed by atoms with E-state index in [1.165, 1.54) is 22.8 Å². The van der Waals surface area contributed by atoms with Gasteiger partial charge in [0.05, 0.1) is 11.9 Å². The summed E-state index contributed by atoms with van der Waals surface area (Å²) < 4.78 is 28.1. The first kappa shape index (κ1) is 16.6. The summed E-state index contributed by atoms with van der Waals surface area (Å²) in [5.74, 6) is -0.299. The molecule has 1 aliphatic heterocycles. The fourth-order valence-corrected chi connectivity index (χ4v) is 4.17. The molecule has 0 spiro atoms.